The van der Waals surface area contributed by atoms with Gasteiger partial charge in [0.15, 0.2) is 0 Å². The highest BCUT2D eigenvalue weighted by Crippen LogP contribution is 2.14. The first kappa shape index (κ1) is 31.5. The van der Waals surface area contributed by atoms with E-state index in [-0.39, 0.29) is 0 Å². The summed E-state index contributed by atoms with van der Waals surface area (Å²) in [6, 6.07) is 12.0. The largest absolute Gasteiger partial charge is 0.298 e. The van der Waals surface area contributed by atoms with Crippen molar-refractivity contribution < 1.29 is 0 Å². The molecule has 1 aromatic rings. The van der Waals surface area contributed by atoms with Crippen LogP contribution in [0.25, 0.3) is 0 Å². The molecule has 0 N–H and O–H groups in total. The Hall–Kier alpha value is -1.02. The van der Waals surface area contributed by atoms with Crippen LogP contribution in [0.1, 0.15) is 66.5 Å². The standard InChI is InChI=1S/C32H60N6/c1-27(2)35-17-13-33(14-18-36(22-21-35)28(3)4)25-31-9-11-32(12-10-31)26-34-15-19-37(29(5)6)23-24-38(20-16-34)30(7)8/h9-12,27-30H,13-26H2,1-8H3. The Balaban J connectivity index is 1.60. The number of nitrogens with zero attached hydrogens (tertiary/aromatic N) is 6. The summed E-state index contributed by atoms with van der Waals surface area (Å²) in [6.07, 6.45) is 0. The molecule has 0 aliphatic carbocycles. The van der Waals surface area contributed by atoms with Gasteiger partial charge in [0.1, 0.15) is 0 Å². The molecule has 218 valence electrons. The molecule has 0 saturated carbocycles. The van der Waals surface area contributed by atoms with Crippen molar-refractivity contribution in [3.8, 4) is 0 Å². The second-order valence-electron chi connectivity index (χ2n) is 12.9. The van der Waals surface area contributed by atoms with E-state index in [0.717, 1.165) is 65.4 Å². The Kier molecular flexibility index (Phi) is 13.0. The van der Waals surface area contributed by atoms with Gasteiger partial charge in [0.25, 0.3) is 0 Å². The average molecular weight is 529 g/mol. The Morgan fingerprint density at radius 2 is 0.605 bits per heavy atom. The minimum atomic E-state index is 0.607. The monoisotopic (exact) mass is 528 g/mol. The molecular weight excluding hydrogens is 468 g/mol. The van der Waals surface area contributed by atoms with Gasteiger partial charge in [-0.3, -0.25) is 29.4 Å². The van der Waals surface area contributed by atoms with Crippen molar-refractivity contribution in [2.24, 2.45) is 0 Å². The van der Waals surface area contributed by atoms with Crippen molar-refractivity contribution in [1.82, 2.24) is 29.4 Å². The summed E-state index contributed by atoms with van der Waals surface area (Å²) >= 11 is 0. The van der Waals surface area contributed by atoms with E-state index in [0.29, 0.717) is 24.2 Å². The third-order valence-corrected chi connectivity index (χ3v) is 8.92. The molecule has 0 spiro atoms. The molecule has 2 aliphatic heterocycles. The van der Waals surface area contributed by atoms with Crippen LogP contribution < -0.4 is 0 Å². The number of hydrogen-bond acceptors (Lipinski definition) is 6. The molecule has 6 nitrogen and oxygen atoms in total. The second kappa shape index (κ2) is 15.7. The zero-order valence-electron chi connectivity index (χ0n) is 26.2. The van der Waals surface area contributed by atoms with Gasteiger partial charge < -0.3 is 0 Å². The molecule has 0 aromatic heterocycles. The third kappa shape index (κ3) is 10.2. The highest BCUT2D eigenvalue weighted by Gasteiger charge is 2.21. The van der Waals surface area contributed by atoms with Crippen LogP contribution in [0.15, 0.2) is 24.3 Å². The summed E-state index contributed by atoms with van der Waals surface area (Å²) in [5.74, 6) is 0. The van der Waals surface area contributed by atoms with E-state index < -0.39 is 0 Å². The smallest absolute Gasteiger partial charge is 0.0234 e. The predicted octanol–water partition coefficient (Wildman–Crippen LogP) is 4.16. The lowest BCUT2D eigenvalue weighted by Gasteiger charge is -2.30. The molecule has 1 aromatic carbocycles. The van der Waals surface area contributed by atoms with Crippen LogP contribution in [0.4, 0.5) is 0 Å². The molecule has 38 heavy (non-hydrogen) atoms. The van der Waals surface area contributed by atoms with Crippen LogP contribution in [0.5, 0.6) is 0 Å². The van der Waals surface area contributed by atoms with Gasteiger partial charge in [-0.15, -0.1) is 0 Å². The van der Waals surface area contributed by atoms with Crippen LogP contribution in [-0.2, 0) is 13.1 Å². The molecule has 2 aliphatic rings. The van der Waals surface area contributed by atoms with Gasteiger partial charge in [-0.25, -0.2) is 0 Å². The number of rotatable bonds is 8. The van der Waals surface area contributed by atoms with Crippen molar-refractivity contribution in [2.45, 2.75) is 92.6 Å². The van der Waals surface area contributed by atoms with Gasteiger partial charge in [-0.1, -0.05) is 24.3 Å². The van der Waals surface area contributed by atoms with Crippen molar-refractivity contribution >= 4 is 0 Å². The van der Waals surface area contributed by atoms with Gasteiger partial charge in [-0.2, -0.15) is 0 Å². The quantitative estimate of drug-likeness (QED) is 0.501. The van der Waals surface area contributed by atoms with Crippen molar-refractivity contribution in [2.75, 3.05) is 78.5 Å². The first-order valence-electron chi connectivity index (χ1n) is 15.6. The summed E-state index contributed by atoms with van der Waals surface area (Å²) in [5, 5.41) is 0. The fourth-order valence-corrected chi connectivity index (χ4v) is 5.91. The summed E-state index contributed by atoms with van der Waals surface area (Å²) < 4.78 is 0. The summed E-state index contributed by atoms with van der Waals surface area (Å²) in [5.41, 5.74) is 2.89. The highest BCUT2D eigenvalue weighted by atomic mass is 15.3. The van der Waals surface area contributed by atoms with E-state index in [1.54, 1.807) is 0 Å². The Morgan fingerprint density at radius 3 is 0.816 bits per heavy atom. The van der Waals surface area contributed by atoms with Gasteiger partial charge in [0, 0.05) is 116 Å². The van der Waals surface area contributed by atoms with Crippen molar-refractivity contribution in [1.29, 1.82) is 0 Å². The maximum absolute atomic E-state index is 2.67. The van der Waals surface area contributed by atoms with Crippen LogP contribution in [-0.4, -0.2) is 132 Å². The first-order valence-corrected chi connectivity index (χ1v) is 15.6. The summed E-state index contributed by atoms with van der Waals surface area (Å²) in [7, 11) is 0. The van der Waals surface area contributed by atoms with E-state index in [9.17, 15) is 0 Å². The van der Waals surface area contributed by atoms with Crippen molar-refractivity contribution in [3.05, 3.63) is 35.4 Å². The number of hydrogen-bond donors (Lipinski definition) is 0. The highest BCUT2D eigenvalue weighted by molar-refractivity contribution is 5.22. The molecule has 0 bridgehead atoms. The van der Waals surface area contributed by atoms with Gasteiger partial charge in [-0.05, 0) is 66.5 Å². The second-order valence-corrected chi connectivity index (χ2v) is 12.9. The number of benzene rings is 1. The third-order valence-electron chi connectivity index (χ3n) is 8.92. The molecule has 2 saturated heterocycles. The molecule has 2 fully saturated rings. The fraction of sp³-hybridized carbons (Fsp3) is 0.812. The minimum Gasteiger partial charge on any atom is -0.298 e. The maximum Gasteiger partial charge on any atom is 0.0234 e. The molecule has 3 rings (SSSR count). The van der Waals surface area contributed by atoms with Crippen LogP contribution in [0.2, 0.25) is 0 Å². The van der Waals surface area contributed by atoms with E-state index in [1.165, 1.54) is 37.3 Å². The summed E-state index contributed by atoms with van der Waals surface area (Å²) in [4.78, 5) is 16.0. The lowest BCUT2D eigenvalue weighted by Crippen LogP contribution is -2.41. The van der Waals surface area contributed by atoms with Crippen LogP contribution in [0.3, 0.4) is 0 Å². The molecule has 0 amide bonds. The average Bonchev–Trinajstić information content (AvgIpc) is 3.03. The van der Waals surface area contributed by atoms with E-state index in [1.807, 2.05) is 0 Å². The fourth-order valence-electron chi connectivity index (χ4n) is 5.91. The SMILES string of the molecule is CC(C)N1CCN(Cc2ccc(CN3CCN(C(C)C)CCN(C(C)C)CC3)cc2)CCN(C(C)C)CC1. The van der Waals surface area contributed by atoms with Gasteiger partial charge in [0.2, 0.25) is 0 Å². The topological polar surface area (TPSA) is 19.4 Å². The normalized spacial score (nSPS) is 22.0. The molecule has 0 atom stereocenters. The Labute approximate surface area is 235 Å². The van der Waals surface area contributed by atoms with E-state index in [4.69, 9.17) is 0 Å². The van der Waals surface area contributed by atoms with E-state index in [2.05, 4.69) is 109 Å². The Morgan fingerprint density at radius 1 is 0.395 bits per heavy atom. The predicted molar refractivity (Wildman–Crippen MR) is 164 cm³/mol. The molecule has 0 unspecified atom stereocenters. The Bertz CT molecular complexity index is 672. The minimum absolute atomic E-state index is 0.607. The molecule has 6 heteroatoms. The van der Waals surface area contributed by atoms with Crippen molar-refractivity contribution in [3.63, 3.8) is 0 Å². The molecular formula is C32H60N6. The molecule has 2 heterocycles. The molecule has 0 radical (unpaired) electrons. The maximum atomic E-state index is 2.67. The lowest BCUT2D eigenvalue weighted by molar-refractivity contribution is 0.169. The zero-order chi connectivity index (χ0) is 27.7. The van der Waals surface area contributed by atoms with Gasteiger partial charge >= 0.3 is 0 Å². The zero-order valence-corrected chi connectivity index (χ0v) is 26.2. The van der Waals surface area contributed by atoms with E-state index >= 15 is 0 Å². The lowest BCUT2D eigenvalue weighted by atomic mass is 10.1. The van der Waals surface area contributed by atoms with Crippen LogP contribution >= 0.6 is 0 Å². The van der Waals surface area contributed by atoms with Gasteiger partial charge in [0.05, 0.1) is 0 Å². The summed E-state index contributed by atoms with van der Waals surface area (Å²) in [6.45, 7) is 34.8. The van der Waals surface area contributed by atoms with Crippen LogP contribution in [0, 0.1) is 0 Å². The first-order chi connectivity index (χ1) is 18.1.